The van der Waals surface area contributed by atoms with Gasteiger partial charge >= 0.3 is 0 Å². The zero-order valence-corrected chi connectivity index (χ0v) is 12.6. The van der Waals surface area contributed by atoms with Gasteiger partial charge < -0.3 is 0 Å². The zero-order chi connectivity index (χ0) is 12.3. The third-order valence-corrected chi connectivity index (χ3v) is 5.41. The molecule has 0 saturated heterocycles. The Hall–Kier alpha value is -0.140. The van der Waals surface area contributed by atoms with Crippen LogP contribution in [-0.4, -0.2) is 25.8 Å². The molecule has 1 unspecified atom stereocenters. The number of sulfonamides is 1. The Morgan fingerprint density at radius 2 is 1.81 bits per heavy atom. The highest BCUT2D eigenvalue weighted by atomic mass is 127. The molecular weight excluding hydrogens is 337 g/mol. The molecule has 0 aliphatic heterocycles. The molecule has 1 aromatic rings. The highest BCUT2D eigenvalue weighted by Crippen LogP contribution is 2.18. The summed E-state index contributed by atoms with van der Waals surface area (Å²) in [5, 5.41) is 0. The average molecular weight is 353 g/mol. The van der Waals surface area contributed by atoms with E-state index >= 15 is 0 Å². The highest BCUT2D eigenvalue weighted by Gasteiger charge is 2.23. The molecule has 0 bridgehead atoms. The summed E-state index contributed by atoms with van der Waals surface area (Å²) in [4.78, 5) is 0.357. The van der Waals surface area contributed by atoms with Crippen molar-refractivity contribution in [2.75, 3.05) is 7.05 Å². The molecule has 0 heterocycles. The van der Waals surface area contributed by atoms with Crippen molar-refractivity contribution in [3.63, 3.8) is 0 Å². The van der Waals surface area contributed by atoms with Crippen LogP contribution in [0.15, 0.2) is 29.2 Å². The Morgan fingerprint density at radius 3 is 2.25 bits per heavy atom. The van der Waals surface area contributed by atoms with Crippen molar-refractivity contribution < 1.29 is 8.42 Å². The predicted molar refractivity (Wildman–Crippen MR) is 73.9 cm³/mol. The van der Waals surface area contributed by atoms with Crippen LogP contribution >= 0.6 is 22.6 Å². The predicted octanol–water partition coefficient (Wildman–Crippen LogP) is 2.71. The molecule has 0 N–H and O–H groups in total. The first-order chi connectivity index (χ1) is 7.39. The maximum atomic E-state index is 12.2. The minimum atomic E-state index is -3.34. The molecule has 0 aromatic heterocycles. The number of halogens is 1. The van der Waals surface area contributed by atoms with Gasteiger partial charge in [-0.3, -0.25) is 0 Å². The van der Waals surface area contributed by atoms with E-state index in [0.29, 0.717) is 4.90 Å². The quantitative estimate of drug-likeness (QED) is 0.781. The largest absolute Gasteiger partial charge is 0.243 e. The lowest BCUT2D eigenvalue weighted by Crippen LogP contribution is -2.34. The Bertz CT molecular complexity index is 442. The summed E-state index contributed by atoms with van der Waals surface area (Å²) in [5.74, 6) is 0. The second-order valence-electron chi connectivity index (χ2n) is 3.73. The standard InChI is InChI=1S/C11H16INO2S/c1-4-9(2)13(3)16(14,15)11-7-5-10(12)6-8-11/h5-9H,4H2,1-3H3. The lowest BCUT2D eigenvalue weighted by molar-refractivity contribution is 0.380. The Balaban J connectivity index is 3.07. The van der Waals surface area contributed by atoms with Crippen molar-refractivity contribution >= 4 is 32.6 Å². The summed E-state index contributed by atoms with van der Waals surface area (Å²) in [7, 11) is -1.71. The van der Waals surface area contributed by atoms with Crippen LogP contribution in [0.25, 0.3) is 0 Å². The summed E-state index contributed by atoms with van der Waals surface area (Å²) in [6, 6.07) is 6.92. The van der Waals surface area contributed by atoms with E-state index in [0.717, 1.165) is 9.99 Å². The summed E-state index contributed by atoms with van der Waals surface area (Å²) >= 11 is 2.15. The van der Waals surface area contributed by atoms with Crippen LogP contribution in [-0.2, 0) is 10.0 Å². The molecule has 0 aliphatic carbocycles. The van der Waals surface area contributed by atoms with Gasteiger partial charge in [-0.25, -0.2) is 8.42 Å². The molecule has 0 radical (unpaired) electrons. The molecule has 0 spiro atoms. The first kappa shape index (κ1) is 13.9. The van der Waals surface area contributed by atoms with Crippen molar-refractivity contribution in [3.05, 3.63) is 27.8 Å². The van der Waals surface area contributed by atoms with Gasteiger partial charge in [-0.1, -0.05) is 6.92 Å². The lowest BCUT2D eigenvalue weighted by Gasteiger charge is -2.23. The zero-order valence-electron chi connectivity index (χ0n) is 9.64. The summed E-state index contributed by atoms with van der Waals surface area (Å²) in [6.07, 6.45) is 0.806. The van der Waals surface area contributed by atoms with Crippen LogP contribution in [0, 0.1) is 3.57 Å². The van der Waals surface area contributed by atoms with Crippen LogP contribution in [0.2, 0.25) is 0 Å². The van der Waals surface area contributed by atoms with E-state index in [9.17, 15) is 8.42 Å². The van der Waals surface area contributed by atoms with E-state index in [-0.39, 0.29) is 6.04 Å². The minimum Gasteiger partial charge on any atom is -0.207 e. The molecule has 1 atom stereocenters. The van der Waals surface area contributed by atoms with Gasteiger partial charge in [0.2, 0.25) is 10.0 Å². The van der Waals surface area contributed by atoms with Crippen LogP contribution in [0.4, 0.5) is 0 Å². The topological polar surface area (TPSA) is 37.4 Å². The summed E-state index contributed by atoms with van der Waals surface area (Å²) in [6.45, 7) is 3.88. The number of nitrogens with zero attached hydrogens (tertiary/aromatic N) is 1. The second kappa shape index (κ2) is 5.46. The first-order valence-corrected chi connectivity index (χ1v) is 7.65. The molecule has 1 aromatic carbocycles. The maximum absolute atomic E-state index is 12.2. The third-order valence-electron chi connectivity index (χ3n) is 2.70. The van der Waals surface area contributed by atoms with E-state index in [1.54, 1.807) is 31.3 Å². The van der Waals surface area contributed by atoms with Gasteiger partial charge in [0.25, 0.3) is 0 Å². The van der Waals surface area contributed by atoms with Gasteiger partial charge in [0.15, 0.2) is 0 Å². The van der Waals surface area contributed by atoms with E-state index in [4.69, 9.17) is 0 Å². The maximum Gasteiger partial charge on any atom is 0.243 e. The Kier molecular flexibility index (Phi) is 4.75. The molecular formula is C11H16INO2S. The molecule has 3 nitrogen and oxygen atoms in total. The molecule has 90 valence electrons. The van der Waals surface area contributed by atoms with Crippen molar-refractivity contribution in [1.82, 2.24) is 4.31 Å². The molecule has 0 amide bonds. The van der Waals surface area contributed by atoms with E-state index in [2.05, 4.69) is 22.6 Å². The van der Waals surface area contributed by atoms with Crippen LogP contribution in [0.5, 0.6) is 0 Å². The third kappa shape index (κ3) is 2.95. The monoisotopic (exact) mass is 353 g/mol. The summed E-state index contributed by atoms with van der Waals surface area (Å²) < 4.78 is 26.8. The van der Waals surface area contributed by atoms with Gasteiger partial charge in [-0.15, -0.1) is 0 Å². The van der Waals surface area contributed by atoms with Gasteiger partial charge in [-0.05, 0) is 60.2 Å². The molecule has 5 heteroatoms. The molecule has 0 fully saturated rings. The van der Waals surface area contributed by atoms with Crippen LogP contribution in [0.3, 0.4) is 0 Å². The second-order valence-corrected chi connectivity index (χ2v) is 6.98. The lowest BCUT2D eigenvalue weighted by atomic mass is 10.3. The molecule has 16 heavy (non-hydrogen) atoms. The van der Waals surface area contributed by atoms with Gasteiger partial charge in [0, 0.05) is 16.7 Å². The molecule has 0 aliphatic rings. The van der Waals surface area contributed by atoms with Crippen LogP contribution < -0.4 is 0 Å². The fraction of sp³-hybridized carbons (Fsp3) is 0.455. The normalized spacial score (nSPS) is 14.1. The van der Waals surface area contributed by atoms with Gasteiger partial charge in [-0.2, -0.15) is 4.31 Å². The SMILES string of the molecule is CCC(C)N(C)S(=O)(=O)c1ccc(I)cc1. The fourth-order valence-electron chi connectivity index (χ4n) is 1.27. The van der Waals surface area contributed by atoms with E-state index in [1.165, 1.54) is 4.31 Å². The van der Waals surface area contributed by atoms with Crippen molar-refractivity contribution in [2.45, 2.75) is 31.2 Å². The summed E-state index contributed by atoms with van der Waals surface area (Å²) in [5.41, 5.74) is 0. The van der Waals surface area contributed by atoms with Gasteiger partial charge in [0.05, 0.1) is 4.90 Å². The van der Waals surface area contributed by atoms with Crippen molar-refractivity contribution in [1.29, 1.82) is 0 Å². The fourth-order valence-corrected chi connectivity index (χ4v) is 3.06. The molecule has 1 rings (SSSR count). The van der Waals surface area contributed by atoms with Crippen molar-refractivity contribution in [2.24, 2.45) is 0 Å². The van der Waals surface area contributed by atoms with Crippen LogP contribution in [0.1, 0.15) is 20.3 Å². The average Bonchev–Trinajstić information content (AvgIpc) is 2.27. The Labute approximate surface area is 111 Å². The number of rotatable bonds is 4. The van der Waals surface area contributed by atoms with Crippen molar-refractivity contribution in [3.8, 4) is 0 Å². The minimum absolute atomic E-state index is 0.0179. The van der Waals surface area contributed by atoms with E-state index in [1.807, 2.05) is 13.8 Å². The first-order valence-electron chi connectivity index (χ1n) is 5.13. The smallest absolute Gasteiger partial charge is 0.207 e. The highest BCUT2D eigenvalue weighted by molar-refractivity contribution is 14.1. The number of hydrogen-bond acceptors (Lipinski definition) is 2. The number of hydrogen-bond donors (Lipinski definition) is 0. The number of benzene rings is 1. The molecule has 0 saturated carbocycles. The van der Waals surface area contributed by atoms with E-state index < -0.39 is 10.0 Å². The Morgan fingerprint density at radius 1 is 1.31 bits per heavy atom. The van der Waals surface area contributed by atoms with Gasteiger partial charge in [0.1, 0.15) is 0 Å².